The highest BCUT2D eigenvalue weighted by molar-refractivity contribution is 5.07. The number of likely N-dealkylation sites (N-methyl/N-ethyl adjacent to an activating group) is 1. The van der Waals surface area contributed by atoms with Crippen LogP contribution >= 0.6 is 0 Å². The van der Waals surface area contributed by atoms with Gasteiger partial charge < -0.3 is 15.3 Å². The molecule has 1 aliphatic rings. The van der Waals surface area contributed by atoms with Crippen LogP contribution in [-0.2, 0) is 0 Å². The van der Waals surface area contributed by atoms with Crippen molar-refractivity contribution in [3.05, 3.63) is 11.6 Å². The average Bonchev–Trinajstić information content (AvgIpc) is 2.63. The van der Waals surface area contributed by atoms with Crippen LogP contribution in [0.25, 0.3) is 0 Å². The Morgan fingerprint density at radius 1 is 1.53 bits per heavy atom. The predicted molar refractivity (Wildman–Crippen MR) is 64.0 cm³/mol. The molecular formula is C12H24N2O. The fourth-order valence-corrected chi connectivity index (χ4v) is 1.97. The molecule has 0 aromatic rings. The van der Waals surface area contributed by atoms with Gasteiger partial charge in [0.15, 0.2) is 0 Å². The normalized spacial score (nSPS) is 18.3. The van der Waals surface area contributed by atoms with Gasteiger partial charge >= 0.3 is 0 Å². The highest BCUT2D eigenvalue weighted by Crippen LogP contribution is 2.19. The lowest BCUT2D eigenvalue weighted by atomic mass is 10.1. The molecule has 3 heteroatoms. The van der Waals surface area contributed by atoms with Crippen LogP contribution in [0.3, 0.4) is 0 Å². The second-order valence-electron chi connectivity index (χ2n) is 4.62. The Hall–Kier alpha value is -0.380. The Kier molecular flexibility index (Phi) is 5.91. The second-order valence-corrected chi connectivity index (χ2v) is 4.62. The van der Waals surface area contributed by atoms with Crippen LogP contribution in [0.5, 0.6) is 0 Å². The molecule has 0 saturated heterocycles. The summed E-state index contributed by atoms with van der Waals surface area (Å²) in [5.74, 6) is 0. The summed E-state index contributed by atoms with van der Waals surface area (Å²) >= 11 is 0. The average molecular weight is 212 g/mol. The van der Waals surface area contributed by atoms with E-state index in [1.165, 1.54) is 19.3 Å². The Balaban J connectivity index is 1.96. The molecule has 0 bridgehead atoms. The van der Waals surface area contributed by atoms with E-state index in [4.69, 9.17) is 0 Å². The minimum Gasteiger partial charge on any atom is -0.390 e. The smallest absolute Gasteiger partial charge is 0.0791 e. The largest absolute Gasteiger partial charge is 0.390 e. The van der Waals surface area contributed by atoms with Gasteiger partial charge in [-0.2, -0.15) is 0 Å². The van der Waals surface area contributed by atoms with Gasteiger partial charge in [-0.25, -0.2) is 0 Å². The summed E-state index contributed by atoms with van der Waals surface area (Å²) in [4.78, 5) is 2.01. The van der Waals surface area contributed by atoms with E-state index in [-0.39, 0.29) is 6.10 Å². The molecule has 88 valence electrons. The standard InChI is InChI=1S/C12H24N2O/c1-14(2)10-12(15)9-13-8-7-11-5-3-4-6-11/h5,12-13,15H,3-4,6-10H2,1-2H3. The Morgan fingerprint density at radius 2 is 2.33 bits per heavy atom. The van der Waals surface area contributed by atoms with E-state index >= 15 is 0 Å². The van der Waals surface area contributed by atoms with Crippen molar-refractivity contribution in [2.45, 2.75) is 31.8 Å². The Labute approximate surface area is 93.2 Å². The van der Waals surface area contributed by atoms with E-state index in [0.717, 1.165) is 19.5 Å². The van der Waals surface area contributed by atoms with Gasteiger partial charge in [-0.05, 0) is 46.3 Å². The lowest BCUT2D eigenvalue weighted by molar-refractivity contribution is 0.135. The molecule has 0 radical (unpaired) electrons. The summed E-state index contributed by atoms with van der Waals surface area (Å²) in [6, 6.07) is 0. The van der Waals surface area contributed by atoms with Crippen LogP contribution in [0.4, 0.5) is 0 Å². The number of hydrogen-bond donors (Lipinski definition) is 2. The van der Waals surface area contributed by atoms with Gasteiger partial charge in [0.1, 0.15) is 0 Å². The third kappa shape index (κ3) is 5.92. The van der Waals surface area contributed by atoms with Crippen LogP contribution in [0, 0.1) is 0 Å². The molecule has 0 aliphatic heterocycles. The maximum Gasteiger partial charge on any atom is 0.0791 e. The van der Waals surface area contributed by atoms with Crippen molar-refractivity contribution < 1.29 is 5.11 Å². The van der Waals surface area contributed by atoms with Crippen LogP contribution in [0.1, 0.15) is 25.7 Å². The molecule has 1 rings (SSSR count). The van der Waals surface area contributed by atoms with Crippen molar-refractivity contribution in [1.82, 2.24) is 10.2 Å². The molecule has 0 fully saturated rings. The van der Waals surface area contributed by atoms with Gasteiger partial charge in [0.25, 0.3) is 0 Å². The minimum absolute atomic E-state index is 0.252. The molecule has 0 amide bonds. The van der Waals surface area contributed by atoms with Crippen molar-refractivity contribution in [3.8, 4) is 0 Å². The molecule has 15 heavy (non-hydrogen) atoms. The number of aliphatic hydroxyl groups excluding tert-OH is 1. The van der Waals surface area contributed by atoms with Crippen molar-refractivity contribution in [2.24, 2.45) is 0 Å². The van der Waals surface area contributed by atoms with Crippen LogP contribution < -0.4 is 5.32 Å². The van der Waals surface area contributed by atoms with Gasteiger partial charge in [0.05, 0.1) is 6.10 Å². The maximum atomic E-state index is 9.59. The van der Waals surface area contributed by atoms with E-state index in [2.05, 4.69) is 11.4 Å². The first-order chi connectivity index (χ1) is 7.18. The van der Waals surface area contributed by atoms with E-state index in [0.29, 0.717) is 6.54 Å². The molecule has 1 unspecified atom stereocenters. The SMILES string of the molecule is CN(C)CC(O)CNCCC1=CCCC1. The zero-order valence-corrected chi connectivity index (χ0v) is 10.00. The molecule has 0 aromatic carbocycles. The number of nitrogens with zero attached hydrogens (tertiary/aromatic N) is 1. The second kappa shape index (κ2) is 6.99. The molecule has 0 saturated carbocycles. The zero-order chi connectivity index (χ0) is 11.1. The van der Waals surface area contributed by atoms with Crippen molar-refractivity contribution >= 4 is 0 Å². The van der Waals surface area contributed by atoms with Crippen LogP contribution in [-0.4, -0.2) is 49.8 Å². The quantitative estimate of drug-likeness (QED) is 0.488. The molecule has 0 aromatic heterocycles. The van der Waals surface area contributed by atoms with E-state index in [9.17, 15) is 5.11 Å². The van der Waals surface area contributed by atoms with Crippen LogP contribution in [0.15, 0.2) is 11.6 Å². The molecule has 1 atom stereocenters. The molecule has 2 N–H and O–H groups in total. The Morgan fingerprint density at radius 3 is 2.93 bits per heavy atom. The molecule has 1 aliphatic carbocycles. The summed E-state index contributed by atoms with van der Waals surface area (Å²) < 4.78 is 0. The summed E-state index contributed by atoms with van der Waals surface area (Å²) in [6.07, 6.45) is 7.13. The summed E-state index contributed by atoms with van der Waals surface area (Å²) in [7, 11) is 3.96. The van der Waals surface area contributed by atoms with Crippen LogP contribution in [0.2, 0.25) is 0 Å². The molecule has 0 spiro atoms. The van der Waals surface area contributed by atoms with Gasteiger partial charge in [-0.1, -0.05) is 11.6 Å². The molecular weight excluding hydrogens is 188 g/mol. The third-order valence-corrected chi connectivity index (χ3v) is 2.71. The fraction of sp³-hybridized carbons (Fsp3) is 0.833. The number of aliphatic hydroxyl groups is 1. The first-order valence-corrected chi connectivity index (χ1v) is 5.90. The summed E-state index contributed by atoms with van der Waals surface area (Å²) in [5, 5.41) is 12.9. The minimum atomic E-state index is -0.252. The zero-order valence-electron chi connectivity index (χ0n) is 10.00. The topological polar surface area (TPSA) is 35.5 Å². The monoisotopic (exact) mass is 212 g/mol. The predicted octanol–water partition coefficient (Wildman–Crippen LogP) is 0.999. The highest BCUT2D eigenvalue weighted by atomic mass is 16.3. The summed E-state index contributed by atoms with van der Waals surface area (Å²) in [5.41, 5.74) is 1.59. The highest BCUT2D eigenvalue weighted by Gasteiger charge is 2.06. The van der Waals surface area contributed by atoms with Gasteiger partial charge in [0.2, 0.25) is 0 Å². The van der Waals surface area contributed by atoms with Gasteiger partial charge in [-0.15, -0.1) is 0 Å². The number of hydrogen-bond acceptors (Lipinski definition) is 3. The van der Waals surface area contributed by atoms with E-state index < -0.39 is 0 Å². The molecule has 0 heterocycles. The maximum absolute atomic E-state index is 9.59. The molecule has 3 nitrogen and oxygen atoms in total. The van der Waals surface area contributed by atoms with Crippen molar-refractivity contribution in [1.29, 1.82) is 0 Å². The first kappa shape index (κ1) is 12.7. The number of nitrogens with one attached hydrogen (secondary N) is 1. The summed E-state index contributed by atoms with van der Waals surface area (Å²) in [6.45, 7) is 2.43. The third-order valence-electron chi connectivity index (χ3n) is 2.71. The number of rotatable bonds is 7. The van der Waals surface area contributed by atoms with E-state index in [1.54, 1.807) is 5.57 Å². The van der Waals surface area contributed by atoms with Gasteiger partial charge in [0, 0.05) is 13.1 Å². The van der Waals surface area contributed by atoms with Crippen molar-refractivity contribution in [2.75, 3.05) is 33.7 Å². The first-order valence-electron chi connectivity index (χ1n) is 5.90. The van der Waals surface area contributed by atoms with Crippen molar-refractivity contribution in [3.63, 3.8) is 0 Å². The van der Waals surface area contributed by atoms with Gasteiger partial charge in [-0.3, -0.25) is 0 Å². The fourth-order valence-electron chi connectivity index (χ4n) is 1.97. The lowest BCUT2D eigenvalue weighted by Gasteiger charge is -2.16. The van der Waals surface area contributed by atoms with E-state index in [1.807, 2.05) is 19.0 Å². The lowest BCUT2D eigenvalue weighted by Crippen LogP contribution is -2.35. The number of allylic oxidation sites excluding steroid dienone is 1. The Bertz CT molecular complexity index is 202.